The van der Waals surface area contributed by atoms with Crippen LogP contribution in [0.1, 0.15) is 22.3 Å². The Morgan fingerprint density at radius 1 is 0.266 bits per heavy atom. The summed E-state index contributed by atoms with van der Waals surface area (Å²) < 4.78 is 163. The summed E-state index contributed by atoms with van der Waals surface area (Å²) in [5.41, 5.74) is -0.0942. The Morgan fingerprint density at radius 2 is 0.562 bits per heavy atom. The SMILES string of the molecule is FC(F)(F)c1ccc(N(c2ccc(-c3ccc4ccc5c(N(c6ccc(C(F)(F)F)cc6)c6ccc(C(F)(F)F)cc6)ccc6ccc3c4c65)cc2)c2ccc(C(F)(F)F)cc2)cc1. The third-order valence-electron chi connectivity index (χ3n) is 11.1. The van der Waals surface area contributed by atoms with Crippen LogP contribution in [0.5, 0.6) is 0 Å². The van der Waals surface area contributed by atoms with Gasteiger partial charge in [0.1, 0.15) is 0 Å². The van der Waals surface area contributed by atoms with Crippen LogP contribution < -0.4 is 9.80 Å². The topological polar surface area (TPSA) is 6.48 Å². The molecule has 64 heavy (non-hydrogen) atoms. The number of benzene rings is 9. The summed E-state index contributed by atoms with van der Waals surface area (Å²) in [4.78, 5) is 3.14. The van der Waals surface area contributed by atoms with E-state index in [-0.39, 0.29) is 22.7 Å². The molecule has 0 radical (unpaired) electrons. The Labute approximate surface area is 356 Å². The molecule has 2 nitrogen and oxygen atoms in total. The molecular weight excluding hydrogens is 857 g/mol. The third kappa shape index (κ3) is 7.77. The highest BCUT2D eigenvalue weighted by Crippen LogP contribution is 2.47. The van der Waals surface area contributed by atoms with Crippen LogP contribution in [0.3, 0.4) is 0 Å². The molecule has 322 valence electrons. The highest BCUT2D eigenvalue weighted by molar-refractivity contribution is 6.27. The molecule has 0 saturated carbocycles. The lowest BCUT2D eigenvalue weighted by Gasteiger charge is -2.28. The molecule has 0 aliphatic carbocycles. The van der Waals surface area contributed by atoms with Crippen LogP contribution in [-0.4, -0.2) is 0 Å². The zero-order valence-corrected chi connectivity index (χ0v) is 32.6. The van der Waals surface area contributed by atoms with E-state index in [1.165, 1.54) is 53.4 Å². The maximum absolute atomic E-state index is 13.6. The largest absolute Gasteiger partial charge is 0.416 e. The van der Waals surface area contributed by atoms with Crippen molar-refractivity contribution in [3.8, 4) is 11.1 Å². The first kappa shape index (κ1) is 42.1. The molecule has 0 bridgehead atoms. The van der Waals surface area contributed by atoms with Crippen molar-refractivity contribution in [3.05, 3.63) is 192 Å². The van der Waals surface area contributed by atoms with Crippen LogP contribution >= 0.6 is 0 Å². The quantitative estimate of drug-likeness (QED) is 0.116. The Hall–Kier alpha value is -7.22. The molecular formula is C50H28F12N2. The van der Waals surface area contributed by atoms with E-state index in [1.807, 2.05) is 42.5 Å². The maximum Gasteiger partial charge on any atom is 0.416 e. The average molecular weight is 885 g/mol. The molecule has 0 amide bonds. The van der Waals surface area contributed by atoms with Crippen molar-refractivity contribution in [2.75, 3.05) is 9.80 Å². The van der Waals surface area contributed by atoms with E-state index in [9.17, 15) is 52.7 Å². The van der Waals surface area contributed by atoms with Crippen molar-refractivity contribution in [2.45, 2.75) is 24.7 Å². The number of anilines is 6. The summed E-state index contributed by atoms with van der Waals surface area (Å²) in [6, 6.07) is 39.2. The highest BCUT2D eigenvalue weighted by Gasteiger charge is 2.34. The standard InChI is InChI=1S/C50H28F12N2/c51-47(52,53)32-7-17-37(18-8-32)63(38-19-9-33(10-20-38)48(54,55)56)36-15-1-29(2-16-36)41-25-3-30-5-27-43-44(28-6-31-4-26-42(41)45(30)46(31)43)64(39-21-11-34(12-22-39)49(57,58)59)40-23-13-35(14-24-40)50(60,61)62/h1-28H. The van der Waals surface area contributed by atoms with Crippen LogP contribution in [0.2, 0.25) is 0 Å². The van der Waals surface area contributed by atoms with Crippen molar-refractivity contribution in [1.82, 2.24) is 0 Å². The minimum atomic E-state index is -4.62. The van der Waals surface area contributed by atoms with Crippen LogP contribution in [0.25, 0.3) is 43.4 Å². The van der Waals surface area contributed by atoms with Gasteiger partial charge in [-0.15, -0.1) is 0 Å². The summed E-state index contributed by atoms with van der Waals surface area (Å²) in [7, 11) is 0. The Morgan fingerprint density at radius 3 is 0.938 bits per heavy atom. The van der Waals surface area contributed by atoms with Crippen molar-refractivity contribution in [2.24, 2.45) is 0 Å². The molecule has 9 aromatic carbocycles. The van der Waals surface area contributed by atoms with Gasteiger partial charge in [-0.2, -0.15) is 52.7 Å². The minimum absolute atomic E-state index is 0.265. The van der Waals surface area contributed by atoms with E-state index in [2.05, 4.69) is 0 Å². The molecule has 0 N–H and O–H groups in total. The van der Waals surface area contributed by atoms with E-state index < -0.39 is 47.0 Å². The number of rotatable bonds is 7. The Bertz CT molecular complexity index is 3000. The van der Waals surface area contributed by atoms with Gasteiger partial charge in [-0.25, -0.2) is 0 Å². The van der Waals surface area contributed by atoms with Gasteiger partial charge in [0.15, 0.2) is 0 Å². The fourth-order valence-electron chi connectivity index (χ4n) is 8.09. The van der Waals surface area contributed by atoms with E-state index >= 15 is 0 Å². The van der Waals surface area contributed by atoms with Crippen LogP contribution in [0, 0.1) is 0 Å². The summed E-state index contributed by atoms with van der Waals surface area (Å²) in [6.45, 7) is 0. The number of nitrogens with zero attached hydrogens (tertiary/aromatic N) is 2. The van der Waals surface area contributed by atoms with Gasteiger partial charge in [-0.1, -0.05) is 54.6 Å². The predicted molar refractivity (Wildman–Crippen MR) is 225 cm³/mol. The molecule has 0 fully saturated rings. The van der Waals surface area contributed by atoms with Gasteiger partial charge < -0.3 is 9.80 Å². The molecule has 0 aliphatic heterocycles. The minimum Gasteiger partial charge on any atom is -0.311 e. The first-order valence-corrected chi connectivity index (χ1v) is 19.4. The van der Waals surface area contributed by atoms with Gasteiger partial charge in [0.2, 0.25) is 0 Å². The fourth-order valence-corrected chi connectivity index (χ4v) is 8.09. The van der Waals surface area contributed by atoms with Crippen molar-refractivity contribution in [1.29, 1.82) is 0 Å². The molecule has 0 heterocycles. The summed E-state index contributed by atoms with van der Waals surface area (Å²) in [5.74, 6) is 0. The third-order valence-corrected chi connectivity index (χ3v) is 11.1. The van der Waals surface area contributed by atoms with Gasteiger partial charge in [0.25, 0.3) is 0 Å². The summed E-state index contributed by atoms with van der Waals surface area (Å²) in [6.07, 6.45) is -18.5. The summed E-state index contributed by atoms with van der Waals surface area (Å²) in [5, 5.41) is 4.73. The second-order valence-corrected chi connectivity index (χ2v) is 15.0. The lowest BCUT2D eigenvalue weighted by atomic mass is 9.89. The molecule has 0 atom stereocenters. The van der Waals surface area contributed by atoms with Crippen LogP contribution in [-0.2, 0) is 24.7 Å². The van der Waals surface area contributed by atoms with Gasteiger partial charge >= 0.3 is 24.7 Å². The van der Waals surface area contributed by atoms with Gasteiger partial charge in [-0.05, 0) is 153 Å². The molecule has 0 aliphatic rings. The van der Waals surface area contributed by atoms with E-state index in [1.54, 1.807) is 35.2 Å². The first-order chi connectivity index (χ1) is 30.3. The normalized spacial score (nSPS) is 12.7. The van der Waals surface area contributed by atoms with Gasteiger partial charge in [-0.3, -0.25) is 0 Å². The zero-order chi connectivity index (χ0) is 45.3. The Kier molecular flexibility index (Phi) is 10.0. The molecule has 0 saturated heterocycles. The molecule has 0 spiro atoms. The monoisotopic (exact) mass is 884 g/mol. The van der Waals surface area contributed by atoms with E-state index in [0.29, 0.717) is 16.8 Å². The van der Waals surface area contributed by atoms with E-state index in [4.69, 9.17) is 0 Å². The van der Waals surface area contributed by atoms with Crippen molar-refractivity contribution in [3.63, 3.8) is 0 Å². The maximum atomic E-state index is 13.6. The highest BCUT2D eigenvalue weighted by atomic mass is 19.4. The second-order valence-electron chi connectivity index (χ2n) is 15.0. The van der Waals surface area contributed by atoms with Crippen LogP contribution in [0.4, 0.5) is 86.8 Å². The van der Waals surface area contributed by atoms with E-state index in [0.717, 1.165) is 86.6 Å². The first-order valence-electron chi connectivity index (χ1n) is 19.4. The zero-order valence-electron chi connectivity index (χ0n) is 32.6. The van der Waals surface area contributed by atoms with Gasteiger partial charge in [0, 0.05) is 33.8 Å². The Balaban J connectivity index is 1.16. The van der Waals surface area contributed by atoms with Gasteiger partial charge in [0.05, 0.1) is 27.9 Å². The van der Waals surface area contributed by atoms with Crippen LogP contribution in [0.15, 0.2) is 170 Å². The predicted octanol–water partition coefficient (Wildman–Crippen LogP) is 17.3. The molecule has 9 aromatic rings. The lowest BCUT2D eigenvalue weighted by molar-refractivity contribution is -0.138. The number of hydrogen-bond acceptors (Lipinski definition) is 2. The van der Waals surface area contributed by atoms with Crippen molar-refractivity contribution >= 4 is 66.4 Å². The number of alkyl halides is 12. The molecule has 0 unspecified atom stereocenters. The smallest absolute Gasteiger partial charge is 0.311 e. The summed E-state index contributed by atoms with van der Waals surface area (Å²) >= 11 is 0. The second kappa shape index (κ2) is 15.2. The molecule has 9 rings (SSSR count). The number of hydrogen-bond donors (Lipinski definition) is 0. The average Bonchev–Trinajstić information content (AvgIpc) is 3.26. The fraction of sp³-hybridized carbons (Fsp3) is 0.0800. The lowest BCUT2D eigenvalue weighted by Crippen LogP contribution is -2.12. The molecule has 14 heteroatoms. The number of halogens is 12. The molecule has 0 aromatic heterocycles. The van der Waals surface area contributed by atoms with Crippen molar-refractivity contribution < 1.29 is 52.7 Å².